The molecule has 2 unspecified atom stereocenters. The molecule has 7 heteroatoms. The van der Waals surface area contributed by atoms with E-state index in [0.29, 0.717) is 32.6 Å². The minimum absolute atomic E-state index is 0.0144. The first-order valence-electron chi connectivity index (χ1n) is 23.8. The van der Waals surface area contributed by atoms with E-state index in [9.17, 15) is 19.8 Å². The number of carbonyl (C=O) groups excluding carboxylic acids is 2. The van der Waals surface area contributed by atoms with Gasteiger partial charge in [0.25, 0.3) is 0 Å². The van der Waals surface area contributed by atoms with Crippen LogP contribution in [0.15, 0.2) is 0 Å². The number of carbonyl (C=O) groups is 2. The predicted octanol–water partition coefficient (Wildman–Crippen LogP) is 12.5. The minimum atomic E-state index is -0.427. The fraction of sp³-hybridized carbons (Fsp3) is 0.957. The molecular weight excluding hydrogens is 675 g/mol. The van der Waals surface area contributed by atoms with Gasteiger partial charge in [0.2, 0.25) is 0 Å². The highest BCUT2D eigenvalue weighted by atomic mass is 16.5. The summed E-state index contributed by atoms with van der Waals surface area (Å²) in [6, 6.07) is 0. The predicted molar refractivity (Wildman–Crippen MR) is 229 cm³/mol. The monoisotopic (exact) mass is 768 g/mol. The van der Waals surface area contributed by atoms with Crippen molar-refractivity contribution in [2.24, 2.45) is 11.8 Å². The molecule has 0 amide bonds. The molecule has 0 rings (SSSR count). The second-order valence-corrected chi connectivity index (χ2v) is 16.5. The molecule has 0 aromatic heterocycles. The normalized spacial score (nSPS) is 13.3. The Balaban J connectivity index is 4.41. The van der Waals surface area contributed by atoms with E-state index >= 15 is 0 Å². The molecule has 0 heterocycles. The zero-order valence-electron chi connectivity index (χ0n) is 36.6. The Morgan fingerprint density at radius 1 is 0.444 bits per heavy atom. The summed E-state index contributed by atoms with van der Waals surface area (Å²) in [7, 11) is 0. The molecule has 2 N–H and O–H groups in total. The molecule has 0 aliphatic heterocycles. The number of hydrogen-bond donors (Lipinski definition) is 2. The smallest absolute Gasteiger partial charge is 0.308 e. The average molecular weight is 768 g/mol. The fourth-order valence-corrected chi connectivity index (χ4v) is 7.57. The Labute approximate surface area is 335 Å². The van der Waals surface area contributed by atoms with Gasteiger partial charge in [0.05, 0.1) is 31.2 Å². The molecule has 7 nitrogen and oxygen atoms in total. The number of esters is 2. The van der Waals surface area contributed by atoms with Crippen LogP contribution in [0.3, 0.4) is 0 Å². The molecule has 0 aromatic carbocycles. The number of hydrogen-bond acceptors (Lipinski definition) is 7. The van der Waals surface area contributed by atoms with Gasteiger partial charge in [0, 0.05) is 19.7 Å². The SMILES string of the molecule is CCCCCCCCC(CCCCCC)C(=O)OCCCCCCN(CCCO)C[C@H](O)CCCCOC(=O)C(CCCCCC)CCCCCCCC. The van der Waals surface area contributed by atoms with E-state index in [0.717, 1.165) is 103 Å². The van der Waals surface area contributed by atoms with Crippen LogP contribution >= 0.6 is 0 Å². The molecule has 3 atom stereocenters. The zero-order chi connectivity index (χ0) is 39.7. The molecule has 0 aliphatic carbocycles. The minimum Gasteiger partial charge on any atom is -0.465 e. The van der Waals surface area contributed by atoms with E-state index in [4.69, 9.17) is 9.47 Å². The molecule has 0 aliphatic rings. The van der Waals surface area contributed by atoms with Crippen LogP contribution in [0.25, 0.3) is 0 Å². The van der Waals surface area contributed by atoms with Crippen molar-refractivity contribution in [1.29, 1.82) is 0 Å². The Bertz CT molecular complexity index is 794. The van der Waals surface area contributed by atoms with Crippen LogP contribution in [-0.4, -0.2) is 72.6 Å². The molecular formula is C47H93NO6. The number of ether oxygens (including phenoxy) is 2. The van der Waals surface area contributed by atoms with Gasteiger partial charge in [-0.15, -0.1) is 0 Å². The summed E-state index contributed by atoms with van der Waals surface area (Å²) in [6.07, 6.45) is 34.9. The molecule has 0 aromatic rings. The highest BCUT2D eigenvalue weighted by molar-refractivity contribution is 5.72. The summed E-state index contributed by atoms with van der Waals surface area (Å²) in [5, 5.41) is 20.3. The van der Waals surface area contributed by atoms with Gasteiger partial charge < -0.3 is 24.6 Å². The van der Waals surface area contributed by atoms with Crippen LogP contribution in [-0.2, 0) is 19.1 Å². The summed E-state index contributed by atoms with van der Waals surface area (Å²) in [5.41, 5.74) is 0. The standard InChI is InChI=1S/C47H93NO6/c1-5-9-13-17-19-25-34-43(32-23-15-11-7-3)46(51)53-40-29-22-21-28-37-48(38-31-39-49)42-45(50)36-27-30-41-54-47(52)44(33-24-16-12-8-4)35-26-20-18-14-10-6-2/h43-45,49-50H,5-42H2,1-4H3/t43?,44?,45-/m1/s1. The summed E-state index contributed by atoms with van der Waals surface area (Å²) >= 11 is 0. The lowest BCUT2D eigenvalue weighted by Crippen LogP contribution is -2.34. The molecule has 0 fully saturated rings. The third-order valence-electron chi connectivity index (χ3n) is 11.2. The summed E-state index contributed by atoms with van der Waals surface area (Å²) in [5.74, 6) is 0.102. The largest absolute Gasteiger partial charge is 0.465 e. The van der Waals surface area contributed by atoms with Gasteiger partial charge in [0.15, 0.2) is 0 Å². The van der Waals surface area contributed by atoms with Crippen LogP contribution < -0.4 is 0 Å². The Morgan fingerprint density at radius 3 is 1.22 bits per heavy atom. The maximum absolute atomic E-state index is 13.0. The van der Waals surface area contributed by atoms with E-state index in [1.807, 2.05) is 0 Å². The van der Waals surface area contributed by atoms with Crippen molar-refractivity contribution >= 4 is 11.9 Å². The maximum Gasteiger partial charge on any atom is 0.308 e. The van der Waals surface area contributed by atoms with Gasteiger partial charge in [-0.05, 0) is 70.8 Å². The first-order valence-corrected chi connectivity index (χ1v) is 23.8. The number of aliphatic hydroxyl groups excluding tert-OH is 2. The Morgan fingerprint density at radius 2 is 0.778 bits per heavy atom. The second-order valence-electron chi connectivity index (χ2n) is 16.5. The third kappa shape index (κ3) is 34.1. The topological polar surface area (TPSA) is 96.3 Å². The quantitative estimate of drug-likeness (QED) is 0.0471. The summed E-state index contributed by atoms with van der Waals surface area (Å²) < 4.78 is 11.5. The van der Waals surface area contributed by atoms with Gasteiger partial charge in [-0.3, -0.25) is 9.59 Å². The first-order chi connectivity index (χ1) is 26.4. The van der Waals surface area contributed by atoms with Crippen molar-refractivity contribution in [2.45, 2.75) is 239 Å². The van der Waals surface area contributed by atoms with E-state index in [1.54, 1.807) is 0 Å². The van der Waals surface area contributed by atoms with Crippen molar-refractivity contribution in [3.05, 3.63) is 0 Å². The van der Waals surface area contributed by atoms with E-state index in [1.165, 1.54) is 103 Å². The lowest BCUT2D eigenvalue weighted by atomic mass is 9.94. The van der Waals surface area contributed by atoms with Crippen molar-refractivity contribution in [3.63, 3.8) is 0 Å². The Hall–Kier alpha value is -1.18. The number of aliphatic hydroxyl groups is 2. The summed E-state index contributed by atoms with van der Waals surface area (Å²) in [4.78, 5) is 28.2. The lowest BCUT2D eigenvalue weighted by Gasteiger charge is -2.25. The highest BCUT2D eigenvalue weighted by Gasteiger charge is 2.21. The van der Waals surface area contributed by atoms with Crippen LogP contribution in [0.1, 0.15) is 233 Å². The molecule has 0 saturated carbocycles. The highest BCUT2D eigenvalue weighted by Crippen LogP contribution is 2.22. The van der Waals surface area contributed by atoms with Crippen molar-refractivity contribution in [3.8, 4) is 0 Å². The number of nitrogens with zero attached hydrogens (tertiary/aromatic N) is 1. The molecule has 0 radical (unpaired) electrons. The second kappa shape index (κ2) is 41.5. The van der Waals surface area contributed by atoms with E-state index in [-0.39, 0.29) is 30.4 Å². The molecule has 322 valence electrons. The molecule has 0 saturated heterocycles. The third-order valence-corrected chi connectivity index (χ3v) is 11.2. The van der Waals surface area contributed by atoms with Crippen molar-refractivity contribution in [1.82, 2.24) is 4.90 Å². The molecule has 54 heavy (non-hydrogen) atoms. The zero-order valence-corrected chi connectivity index (χ0v) is 36.6. The molecule has 0 bridgehead atoms. The maximum atomic E-state index is 13.0. The van der Waals surface area contributed by atoms with Crippen LogP contribution in [0, 0.1) is 11.8 Å². The number of rotatable bonds is 43. The van der Waals surface area contributed by atoms with Gasteiger partial charge in [0.1, 0.15) is 0 Å². The van der Waals surface area contributed by atoms with E-state index in [2.05, 4.69) is 32.6 Å². The molecule has 0 spiro atoms. The van der Waals surface area contributed by atoms with Crippen LogP contribution in [0.2, 0.25) is 0 Å². The fourth-order valence-electron chi connectivity index (χ4n) is 7.57. The van der Waals surface area contributed by atoms with Crippen molar-refractivity contribution < 1.29 is 29.3 Å². The van der Waals surface area contributed by atoms with Gasteiger partial charge in [-0.1, -0.05) is 169 Å². The Kier molecular flexibility index (Phi) is 40.5. The van der Waals surface area contributed by atoms with Crippen LogP contribution in [0.5, 0.6) is 0 Å². The van der Waals surface area contributed by atoms with Gasteiger partial charge in [-0.25, -0.2) is 0 Å². The van der Waals surface area contributed by atoms with Crippen LogP contribution in [0.4, 0.5) is 0 Å². The van der Waals surface area contributed by atoms with Crippen molar-refractivity contribution in [2.75, 3.05) is 39.5 Å². The van der Waals surface area contributed by atoms with Gasteiger partial charge >= 0.3 is 11.9 Å². The summed E-state index contributed by atoms with van der Waals surface area (Å²) in [6.45, 7) is 12.3. The average Bonchev–Trinajstić information content (AvgIpc) is 3.17. The van der Waals surface area contributed by atoms with Gasteiger partial charge in [-0.2, -0.15) is 0 Å². The number of unbranched alkanes of at least 4 members (excludes halogenated alkanes) is 20. The lowest BCUT2D eigenvalue weighted by molar-refractivity contribution is -0.150. The van der Waals surface area contributed by atoms with E-state index < -0.39 is 6.10 Å². The first kappa shape index (κ1) is 52.8.